The lowest BCUT2D eigenvalue weighted by Crippen LogP contribution is -2.18. The maximum Gasteiger partial charge on any atom is 0.154 e. The molecule has 0 saturated heterocycles. The van der Waals surface area contributed by atoms with Gasteiger partial charge >= 0.3 is 0 Å². The van der Waals surface area contributed by atoms with Crippen molar-refractivity contribution in [1.29, 1.82) is 0 Å². The van der Waals surface area contributed by atoms with Crippen LogP contribution in [0.1, 0.15) is 43.2 Å². The Morgan fingerprint density at radius 2 is 1.95 bits per heavy atom. The largest absolute Gasteiger partial charge is 0.260 e. The first-order chi connectivity index (χ1) is 9.24. The van der Waals surface area contributed by atoms with E-state index in [9.17, 15) is 4.39 Å². The molecule has 3 heteroatoms. The van der Waals surface area contributed by atoms with Crippen molar-refractivity contribution in [3.63, 3.8) is 0 Å². The van der Waals surface area contributed by atoms with Gasteiger partial charge < -0.3 is 0 Å². The number of hydrogen-bond acceptors (Lipinski definition) is 2. The van der Waals surface area contributed by atoms with E-state index in [-0.39, 0.29) is 5.82 Å². The molecule has 0 unspecified atom stereocenters. The van der Waals surface area contributed by atoms with Gasteiger partial charge in [-0.3, -0.25) is 4.99 Å². The average Bonchev–Trinajstić information content (AvgIpc) is 2.93. The van der Waals surface area contributed by atoms with Gasteiger partial charge in [0.25, 0.3) is 0 Å². The summed E-state index contributed by atoms with van der Waals surface area (Å²) >= 11 is 0. The van der Waals surface area contributed by atoms with Gasteiger partial charge in [0.15, 0.2) is 5.84 Å². The topological polar surface area (TPSA) is 24.7 Å². The minimum atomic E-state index is -0.168. The Morgan fingerprint density at radius 1 is 1.16 bits per heavy atom. The number of aryl methyl sites for hydroxylation is 1. The predicted octanol–water partition coefficient (Wildman–Crippen LogP) is 3.92. The van der Waals surface area contributed by atoms with Crippen molar-refractivity contribution in [2.45, 2.75) is 39.0 Å². The van der Waals surface area contributed by atoms with Crippen molar-refractivity contribution in [1.82, 2.24) is 0 Å². The molecular formula is C16H19FN2. The molecule has 2 nitrogen and oxygen atoms in total. The van der Waals surface area contributed by atoms with Crippen LogP contribution >= 0.6 is 0 Å². The third-order valence-corrected chi connectivity index (χ3v) is 4.13. The number of amidine groups is 1. The van der Waals surface area contributed by atoms with Crippen molar-refractivity contribution >= 4 is 11.5 Å². The highest BCUT2D eigenvalue weighted by atomic mass is 19.1. The van der Waals surface area contributed by atoms with Gasteiger partial charge in [-0.05, 0) is 49.4 Å². The van der Waals surface area contributed by atoms with E-state index in [4.69, 9.17) is 4.99 Å². The quantitative estimate of drug-likeness (QED) is 0.768. The van der Waals surface area contributed by atoms with E-state index in [1.54, 1.807) is 13.0 Å². The SMILES string of the molecule is Cc1cc(C2=NCC(C3CCCCC3)=N2)ccc1F. The summed E-state index contributed by atoms with van der Waals surface area (Å²) in [5, 5.41) is 0. The van der Waals surface area contributed by atoms with Crippen LogP contribution in [0.4, 0.5) is 4.39 Å². The fraction of sp³-hybridized carbons (Fsp3) is 0.500. The average molecular weight is 258 g/mol. The molecule has 19 heavy (non-hydrogen) atoms. The van der Waals surface area contributed by atoms with Gasteiger partial charge in [-0.25, -0.2) is 9.38 Å². The Labute approximate surface area is 113 Å². The molecule has 0 spiro atoms. The van der Waals surface area contributed by atoms with Crippen LogP contribution < -0.4 is 0 Å². The molecule has 1 aliphatic heterocycles. The van der Waals surface area contributed by atoms with Crippen molar-refractivity contribution in [2.24, 2.45) is 15.9 Å². The number of aliphatic imine (C=N–C) groups is 2. The van der Waals surface area contributed by atoms with Gasteiger partial charge in [0, 0.05) is 11.3 Å². The zero-order valence-electron chi connectivity index (χ0n) is 11.3. The normalized spacial score (nSPS) is 20.3. The molecule has 1 aromatic rings. The molecule has 2 aliphatic rings. The highest BCUT2D eigenvalue weighted by Crippen LogP contribution is 2.27. The summed E-state index contributed by atoms with van der Waals surface area (Å²) in [5.74, 6) is 1.24. The number of halogens is 1. The molecule has 0 amide bonds. The predicted molar refractivity (Wildman–Crippen MR) is 76.6 cm³/mol. The van der Waals surface area contributed by atoms with Crippen LogP contribution in [0.15, 0.2) is 28.2 Å². The number of benzene rings is 1. The molecule has 1 saturated carbocycles. The number of rotatable bonds is 2. The second-order valence-electron chi connectivity index (χ2n) is 5.54. The second-order valence-corrected chi connectivity index (χ2v) is 5.54. The fourth-order valence-corrected chi connectivity index (χ4v) is 2.96. The summed E-state index contributed by atoms with van der Waals surface area (Å²) in [6.07, 6.45) is 6.49. The second kappa shape index (κ2) is 5.24. The molecule has 3 rings (SSSR count). The van der Waals surface area contributed by atoms with E-state index in [0.717, 1.165) is 17.9 Å². The van der Waals surface area contributed by atoms with Crippen LogP contribution in [0.3, 0.4) is 0 Å². The molecule has 1 aromatic carbocycles. The van der Waals surface area contributed by atoms with Crippen molar-refractivity contribution in [2.75, 3.05) is 6.54 Å². The zero-order chi connectivity index (χ0) is 13.2. The molecule has 0 atom stereocenters. The molecule has 0 aromatic heterocycles. The fourth-order valence-electron chi connectivity index (χ4n) is 2.96. The van der Waals surface area contributed by atoms with Gasteiger partial charge in [0.1, 0.15) is 5.82 Å². The van der Waals surface area contributed by atoms with Crippen molar-refractivity contribution < 1.29 is 4.39 Å². The molecule has 0 bridgehead atoms. The number of nitrogens with zero attached hydrogens (tertiary/aromatic N) is 2. The summed E-state index contributed by atoms with van der Waals surface area (Å²) < 4.78 is 13.3. The molecule has 1 fully saturated rings. The van der Waals surface area contributed by atoms with E-state index in [0.29, 0.717) is 11.5 Å². The standard InChI is InChI=1S/C16H19FN2/c1-11-9-13(7-8-14(11)17)16-18-10-15(19-16)12-5-3-2-4-6-12/h7-9,12H,2-6,10H2,1H3. The maximum atomic E-state index is 13.3. The monoisotopic (exact) mass is 258 g/mol. The van der Waals surface area contributed by atoms with Crippen LogP contribution in [0, 0.1) is 18.7 Å². The molecule has 100 valence electrons. The van der Waals surface area contributed by atoms with Gasteiger partial charge in [0.2, 0.25) is 0 Å². The minimum absolute atomic E-state index is 0.168. The first-order valence-corrected chi connectivity index (χ1v) is 7.12. The Balaban J connectivity index is 1.79. The molecule has 1 heterocycles. The Hall–Kier alpha value is -1.51. The summed E-state index contributed by atoms with van der Waals surface area (Å²) in [6.45, 7) is 2.51. The highest BCUT2D eigenvalue weighted by Gasteiger charge is 2.23. The van der Waals surface area contributed by atoms with Crippen molar-refractivity contribution in [3.8, 4) is 0 Å². The van der Waals surface area contributed by atoms with Gasteiger partial charge in [-0.1, -0.05) is 19.3 Å². The van der Waals surface area contributed by atoms with Crippen molar-refractivity contribution in [3.05, 3.63) is 35.1 Å². The van der Waals surface area contributed by atoms with Gasteiger partial charge in [-0.2, -0.15) is 0 Å². The zero-order valence-corrected chi connectivity index (χ0v) is 11.3. The first kappa shape index (κ1) is 12.5. The summed E-state index contributed by atoms with van der Waals surface area (Å²) in [4.78, 5) is 9.22. The van der Waals surface area contributed by atoms with E-state index < -0.39 is 0 Å². The smallest absolute Gasteiger partial charge is 0.154 e. The van der Waals surface area contributed by atoms with Gasteiger partial charge in [0.05, 0.1) is 6.54 Å². The van der Waals surface area contributed by atoms with E-state index in [2.05, 4.69) is 4.99 Å². The molecule has 0 N–H and O–H groups in total. The lowest BCUT2D eigenvalue weighted by atomic mass is 9.86. The summed E-state index contributed by atoms with van der Waals surface area (Å²) in [5.41, 5.74) is 2.82. The third-order valence-electron chi connectivity index (χ3n) is 4.13. The summed E-state index contributed by atoms with van der Waals surface area (Å²) in [7, 11) is 0. The molecule has 0 radical (unpaired) electrons. The van der Waals surface area contributed by atoms with Crippen LogP contribution in [0.5, 0.6) is 0 Å². The van der Waals surface area contributed by atoms with Gasteiger partial charge in [-0.15, -0.1) is 0 Å². The third kappa shape index (κ3) is 2.60. The first-order valence-electron chi connectivity index (χ1n) is 7.12. The number of hydrogen-bond donors (Lipinski definition) is 0. The lowest BCUT2D eigenvalue weighted by molar-refractivity contribution is 0.438. The maximum absolute atomic E-state index is 13.3. The highest BCUT2D eigenvalue weighted by molar-refractivity contribution is 6.12. The molecule has 1 aliphatic carbocycles. The Bertz CT molecular complexity index is 540. The molecular weight excluding hydrogens is 239 g/mol. The Morgan fingerprint density at radius 3 is 2.68 bits per heavy atom. The lowest BCUT2D eigenvalue weighted by Gasteiger charge is -2.20. The van der Waals surface area contributed by atoms with Crippen LogP contribution in [0.25, 0.3) is 0 Å². The van der Waals surface area contributed by atoms with Crippen LogP contribution in [0.2, 0.25) is 0 Å². The van der Waals surface area contributed by atoms with E-state index >= 15 is 0 Å². The van der Waals surface area contributed by atoms with Crippen LogP contribution in [-0.2, 0) is 0 Å². The Kier molecular flexibility index (Phi) is 3.45. The summed E-state index contributed by atoms with van der Waals surface area (Å²) in [6, 6.07) is 5.11. The van der Waals surface area contributed by atoms with E-state index in [1.807, 2.05) is 6.07 Å². The van der Waals surface area contributed by atoms with E-state index in [1.165, 1.54) is 43.9 Å². The minimum Gasteiger partial charge on any atom is -0.260 e. The van der Waals surface area contributed by atoms with Crippen LogP contribution in [-0.4, -0.2) is 18.1 Å².